The molecule has 0 bridgehead atoms. The number of nitrogens with one attached hydrogen (secondary N) is 1. The number of para-hydroxylation sites is 1. The number of rotatable bonds is 4. The Morgan fingerprint density at radius 3 is 2.38 bits per heavy atom. The number of halogens is 1. The third-order valence-corrected chi connectivity index (χ3v) is 5.33. The molecule has 0 spiro atoms. The van der Waals surface area contributed by atoms with Crippen LogP contribution in [-0.2, 0) is 0 Å². The first kappa shape index (κ1) is 19.0. The Hall–Kier alpha value is -3.30. The van der Waals surface area contributed by atoms with E-state index in [-0.39, 0.29) is 18.1 Å². The summed E-state index contributed by atoms with van der Waals surface area (Å²) in [5.41, 5.74) is 1.33. The Morgan fingerprint density at radius 2 is 1.66 bits per heavy atom. The van der Waals surface area contributed by atoms with Crippen LogP contribution >= 0.6 is 11.6 Å². The quantitative estimate of drug-likeness (QED) is 0.676. The number of carbonyl (C=O) groups is 1. The molecule has 2 aromatic carbocycles. The Kier molecular flexibility index (Phi) is 5.50. The number of nitrogens with zero attached hydrogens (tertiary/aromatic N) is 4. The van der Waals surface area contributed by atoms with Crippen molar-refractivity contribution < 1.29 is 4.79 Å². The molecule has 1 N–H and O–H groups in total. The summed E-state index contributed by atoms with van der Waals surface area (Å²) in [6.45, 7) is 3.37. The summed E-state index contributed by atoms with van der Waals surface area (Å²) in [5.74, 6) is 2.87. The van der Waals surface area contributed by atoms with Gasteiger partial charge in [0.15, 0.2) is 11.5 Å². The van der Waals surface area contributed by atoms with Gasteiger partial charge in [0, 0.05) is 37.0 Å². The predicted octanol–water partition coefficient (Wildman–Crippen LogP) is 2.97. The Bertz CT molecular complexity index is 1090. The number of carbonyl (C=O) groups excluding carboxylic acids is 1. The molecule has 29 heavy (non-hydrogen) atoms. The van der Waals surface area contributed by atoms with Gasteiger partial charge in [0.2, 0.25) is 0 Å². The molecular weight excluding hydrogens is 386 g/mol. The molecule has 1 aliphatic heterocycles. The highest BCUT2D eigenvalue weighted by molar-refractivity contribution is 6.33. The van der Waals surface area contributed by atoms with Gasteiger partial charge < -0.3 is 15.1 Å². The van der Waals surface area contributed by atoms with Gasteiger partial charge in [-0.2, -0.15) is 0 Å². The van der Waals surface area contributed by atoms with Gasteiger partial charge in [0.25, 0.3) is 5.91 Å². The highest BCUT2D eigenvalue weighted by Crippen LogP contribution is 2.29. The molecule has 146 valence electrons. The van der Waals surface area contributed by atoms with Gasteiger partial charge in [-0.3, -0.25) is 4.79 Å². The standard InChI is InChI=1S/C22H20ClN5O/c1-2-11-24-22(29)20-16-7-3-4-8-17(16)21(26-25-20)28-14-12-27(13-15-28)19-10-6-5-9-18(19)23/h1,3-10H,11-15H2,(H,24,29). The summed E-state index contributed by atoms with van der Waals surface area (Å²) in [6.07, 6.45) is 5.23. The average Bonchev–Trinajstić information content (AvgIpc) is 2.77. The fourth-order valence-electron chi connectivity index (χ4n) is 3.57. The van der Waals surface area contributed by atoms with Crippen LogP contribution in [0.5, 0.6) is 0 Å². The maximum atomic E-state index is 12.4. The van der Waals surface area contributed by atoms with Crippen molar-refractivity contribution in [1.29, 1.82) is 0 Å². The number of hydrogen-bond acceptors (Lipinski definition) is 5. The fraction of sp³-hybridized carbons (Fsp3) is 0.227. The lowest BCUT2D eigenvalue weighted by Crippen LogP contribution is -2.47. The molecule has 0 saturated carbocycles. The van der Waals surface area contributed by atoms with E-state index in [1.54, 1.807) is 0 Å². The zero-order valence-electron chi connectivity index (χ0n) is 15.8. The van der Waals surface area contributed by atoms with Crippen molar-refractivity contribution in [3.8, 4) is 12.3 Å². The molecule has 1 saturated heterocycles. The van der Waals surface area contributed by atoms with Gasteiger partial charge >= 0.3 is 0 Å². The number of hydrogen-bond donors (Lipinski definition) is 1. The number of piperazine rings is 1. The summed E-state index contributed by atoms with van der Waals surface area (Å²) in [4.78, 5) is 16.9. The van der Waals surface area contributed by atoms with Crippen LogP contribution < -0.4 is 15.1 Å². The summed E-state index contributed by atoms with van der Waals surface area (Å²) in [5, 5.41) is 13.7. The largest absolute Gasteiger partial charge is 0.367 e. The van der Waals surface area contributed by atoms with E-state index in [4.69, 9.17) is 18.0 Å². The van der Waals surface area contributed by atoms with Crippen LogP contribution in [0, 0.1) is 12.3 Å². The van der Waals surface area contributed by atoms with Crippen LogP contribution in [0.2, 0.25) is 5.02 Å². The first-order chi connectivity index (χ1) is 14.2. The molecule has 1 amide bonds. The van der Waals surface area contributed by atoms with Gasteiger partial charge in [-0.25, -0.2) is 0 Å². The normalized spacial score (nSPS) is 13.9. The Morgan fingerprint density at radius 1 is 1.00 bits per heavy atom. The molecular formula is C22H20ClN5O. The molecule has 1 aliphatic rings. The van der Waals surface area contributed by atoms with E-state index in [2.05, 4.69) is 31.2 Å². The molecule has 0 radical (unpaired) electrons. The van der Waals surface area contributed by atoms with Gasteiger partial charge in [0.1, 0.15) is 0 Å². The molecule has 1 aromatic heterocycles. The minimum absolute atomic E-state index is 0.153. The van der Waals surface area contributed by atoms with Crippen LogP contribution in [0.15, 0.2) is 48.5 Å². The fourth-order valence-corrected chi connectivity index (χ4v) is 3.83. The topological polar surface area (TPSA) is 61.4 Å². The van der Waals surface area contributed by atoms with Crippen LogP contribution in [0.4, 0.5) is 11.5 Å². The number of terminal acetylenes is 1. The third-order valence-electron chi connectivity index (χ3n) is 5.01. The summed E-state index contributed by atoms with van der Waals surface area (Å²) in [6, 6.07) is 15.6. The van der Waals surface area contributed by atoms with Crippen molar-refractivity contribution in [2.75, 3.05) is 42.5 Å². The number of aromatic nitrogens is 2. The van der Waals surface area contributed by atoms with Gasteiger partial charge in [-0.05, 0) is 12.1 Å². The third kappa shape index (κ3) is 3.82. The van der Waals surface area contributed by atoms with E-state index in [9.17, 15) is 4.79 Å². The lowest BCUT2D eigenvalue weighted by atomic mass is 10.1. The van der Waals surface area contributed by atoms with Crippen LogP contribution in [0.25, 0.3) is 10.8 Å². The Balaban J connectivity index is 1.59. The predicted molar refractivity (Wildman–Crippen MR) is 117 cm³/mol. The molecule has 3 aromatic rings. The molecule has 4 rings (SSSR count). The van der Waals surface area contributed by atoms with E-state index in [0.717, 1.165) is 53.5 Å². The van der Waals surface area contributed by atoms with Gasteiger partial charge in [0.05, 0.1) is 17.3 Å². The first-order valence-electron chi connectivity index (χ1n) is 9.40. The minimum Gasteiger partial charge on any atom is -0.367 e. The van der Waals surface area contributed by atoms with Gasteiger partial charge in [-0.15, -0.1) is 16.6 Å². The van der Waals surface area contributed by atoms with E-state index in [0.29, 0.717) is 0 Å². The molecule has 0 atom stereocenters. The number of fused-ring (bicyclic) bond motifs is 1. The maximum absolute atomic E-state index is 12.4. The van der Waals surface area contributed by atoms with E-state index in [1.165, 1.54) is 0 Å². The van der Waals surface area contributed by atoms with E-state index < -0.39 is 0 Å². The van der Waals surface area contributed by atoms with Crippen molar-refractivity contribution >= 4 is 39.8 Å². The van der Waals surface area contributed by atoms with Crippen LogP contribution in [-0.4, -0.2) is 48.8 Å². The number of amides is 1. The summed E-state index contributed by atoms with van der Waals surface area (Å²) < 4.78 is 0. The van der Waals surface area contributed by atoms with Crippen molar-refractivity contribution in [2.45, 2.75) is 0 Å². The second kappa shape index (κ2) is 8.38. The first-order valence-corrected chi connectivity index (χ1v) is 9.78. The van der Waals surface area contributed by atoms with Crippen LogP contribution in [0.3, 0.4) is 0 Å². The maximum Gasteiger partial charge on any atom is 0.273 e. The van der Waals surface area contributed by atoms with Crippen LogP contribution in [0.1, 0.15) is 10.5 Å². The lowest BCUT2D eigenvalue weighted by molar-refractivity contribution is 0.0954. The molecule has 6 nitrogen and oxygen atoms in total. The zero-order chi connectivity index (χ0) is 20.2. The number of anilines is 2. The second-order valence-corrected chi connectivity index (χ2v) is 7.14. The minimum atomic E-state index is -0.318. The van der Waals surface area contributed by atoms with Crippen molar-refractivity contribution in [3.63, 3.8) is 0 Å². The smallest absolute Gasteiger partial charge is 0.273 e. The molecule has 7 heteroatoms. The van der Waals surface area contributed by atoms with Gasteiger partial charge in [-0.1, -0.05) is 53.9 Å². The monoisotopic (exact) mass is 405 g/mol. The van der Waals surface area contributed by atoms with Crippen molar-refractivity contribution in [3.05, 3.63) is 59.2 Å². The molecule has 0 aliphatic carbocycles. The molecule has 0 unspecified atom stereocenters. The molecule has 2 heterocycles. The zero-order valence-corrected chi connectivity index (χ0v) is 16.6. The van der Waals surface area contributed by atoms with Crippen molar-refractivity contribution in [2.24, 2.45) is 0 Å². The molecule has 1 fully saturated rings. The SMILES string of the molecule is C#CCNC(=O)c1nnc(N2CCN(c3ccccc3Cl)CC2)c2ccccc12. The average molecular weight is 406 g/mol. The Labute approximate surface area is 174 Å². The summed E-state index contributed by atoms with van der Waals surface area (Å²) in [7, 11) is 0. The second-order valence-electron chi connectivity index (χ2n) is 6.73. The van der Waals surface area contributed by atoms with E-state index >= 15 is 0 Å². The highest BCUT2D eigenvalue weighted by atomic mass is 35.5. The summed E-state index contributed by atoms with van der Waals surface area (Å²) >= 11 is 6.34. The highest BCUT2D eigenvalue weighted by Gasteiger charge is 2.23. The van der Waals surface area contributed by atoms with Crippen molar-refractivity contribution in [1.82, 2.24) is 15.5 Å². The lowest BCUT2D eigenvalue weighted by Gasteiger charge is -2.37. The number of benzene rings is 2. The van der Waals surface area contributed by atoms with E-state index in [1.807, 2.05) is 48.5 Å².